The molecular formula is C58H59N5O2. The molecule has 1 N–H and O–H groups in total. The molecule has 0 aliphatic rings. The van der Waals surface area contributed by atoms with Crippen LogP contribution in [0.1, 0.15) is 102 Å². The lowest BCUT2D eigenvalue weighted by Crippen LogP contribution is -2.02. The molecule has 4 aromatic heterocycles. The van der Waals surface area contributed by atoms with Gasteiger partial charge in [-0.2, -0.15) is 5.26 Å². The third kappa shape index (κ3) is 8.54. The summed E-state index contributed by atoms with van der Waals surface area (Å²) in [5.41, 5.74) is 11.7. The van der Waals surface area contributed by atoms with Crippen LogP contribution in [0.25, 0.3) is 89.6 Å². The fourth-order valence-electron chi connectivity index (χ4n) is 9.91. The van der Waals surface area contributed by atoms with Gasteiger partial charge in [0.15, 0.2) is 0 Å². The van der Waals surface area contributed by atoms with Gasteiger partial charge >= 0.3 is 5.97 Å². The Balaban J connectivity index is 1.14. The minimum Gasteiger partial charge on any atom is -0.477 e. The van der Waals surface area contributed by atoms with E-state index in [4.69, 9.17) is 0 Å². The zero-order valence-corrected chi connectivity index (χ0v) is 38.1. The average Bonchev–Trinajstić information content (AvgIpc) is 4.08. The topological polar surface area (TPSA) is 80.8 Å². The zero-order chi connectivity index (χ0) is 44.9. The fraction of sp³-hybridized carbons (Fsp3) is 0.276. The molecule has 7 nitrogen and oxygen atoms in total. The first-order chi connectivity index (χ1) is 31.9. The summed E-state index contributed by atoms with van der Waals surface area (Å²) < 4.78 is 9.40. The van der Waals surface area contributed by atoms with Crippen LogP contribution in [0.3, 0.4) is 0 Å². The highest BCUT2D eigenvalue weighted by Crippen LogP contribution is 2.37. The molecule has 0 bridgehead atoms. The monoisotopic (exact) mass is 857 g/mol. The lowest BCUT2D eigenvalue weighted by atomic mass is 10.00. The number of aromatic nitrogens is 4. The van der Waals surface area contributed by atoms with Gasteiger partial charge in [0.25, 0.3) is 0 Å². The predicted molar refractivity (Wildman–Crippen MR) is 272 cm³/mol. The summed E-state index contributed by atoms with van der Waals surface area (Å²) in [6.07, 6.45) is 19.9. The molecule has 7 heteroatoms. The molecule has 65 heavy (non-hydrogen) atoms. The van der Waals surface area contributed by atoms with E-state index in [0.29, 0.717) is 5.69 Å². The summed E-state index contributed by atoms with van der Waals surface area (Å²) in [4.78, 5) is 12.1. The zero-order valence-electron chi connectivity index (χ0n) is 38.1. The summed E-state index contributed by atoms with van der Waals surface area (Å²) in [5, 5.41) is 25.8. The van der Waals surface area contributed by atoms with Gasteiger partial charge in [-0.3, -0.25) is 0 Å². The first-order valence-corrected chi connectivity index (χ1v) is 23.8. The molecule has 0 aliphatic carbocycles. The maximum Gasteiger partial charge on any atom is 0.346 e. The van der Waals surface area contributed by atoms with Crippen molar-refractivity contribution in [1.29, 1.82) is 5.26 Å². The Morgan fingerprint density at radius 2 is 1.11 bits per heavy atom. The molecular weight excluding hydrogens is 799 g/mol. The number of carbonyl (C=O) groups is 1. The van der Waals surface area contributed by atoms with Crippen molar-refractivity contribution in [3.05, 3.63) is 144 Å². The van der Waals surface area contributed by atoms with Crippen LogP contribution in [0.2, 0.25) is 0 Å². The number of carboxylic acid groups (broad SMARTS) is 1. The maximum absolute atomic E-state index is 12.1. The molecule has 9 rings (SSSR count). The van der Waals surface area contributed by atoms with Crippen LogP contribution in [-0.2, 0) is 24.4 Å². The summed E-state index contributed by atoms with van der Waals surface area (Å²) in [6, 6.07) is 43.6. The second-order valence-electron chi connectivity index (χ2n) is 17.6. The van der Waals surface area contributed by atoms with Gasteiger partial charge in [0.1, 0.15) is 11.6 Å². The molecule has 0 radical (unpaired) electrons. The molecule has 0 atom stereocenters. The van der Waals surface area contributed by atoms with Gasteiger partial charge in [0, 0.05) is 103 Å². The van der Waals surface area contributed by atoms with Gasteiger partial charge in [0.05, 0.1) is 0 Å². The Morgan fingerprint density at radius 3 is 1.72 bits per heavy atom. The number of benzene rings is 5. The minimum atomic E-state index is -1.25. The van der Waals surface area contributed by atoms with Gasteiger partial charge < -0.3 is 23.4 Å². The van der Waals surface area contributed by atoms with Crippen molar-refractivity contribution in [2.24, 2.45) is 0 Å². The third-order valence-electron chi connectivity index (χ3n) is 13.3. The number of carboxylic acids is 1. The van der Waals surface area contributed by atoms with E-state index >= 15 is 0 Å². The van der Waals surface area contributed by atoms with Gasteiger partial charge in [-0.15, -0.1) is 0 Å². The van der Waals surface area contributed by atoms with Crippen LogP contribution in [0.4, 0.5) is 0 Å². The number of hydrogen-bond acceptors (Lipinski definition) is 2. The van der Waals surface area contributed by atoms with Crippen molar-refractivity contribution in [3.8, 4) is 22.9 Å². The van der Waals surface area contributed by atoms with Gasteiger partial charge in [0.2, 0.25) is 0 Å². The smallest absolute Gasteiger partial charge is 0.346 e. The van der Waals surface area contributed by atoms with Gasteiger partial charge in [-0.25, -0.2) is 4.79 Å². The van der Waals surface area contributed by atoms with Crippen LogP contribution in [0, 0.1) is 11.3 Å². The largest absolute Gasteiger partial charge is 0.477 e. The van der Waals surface area contributed by atoms with Crippen LogP contribution in [-0.4, -0.2) is 29.3 Å². The molecule has 0 aliphatic heterocycles. The standard InChI is InChI=1S/C58H59N5O2/c1-4-7-10-16-33-61-54-20-14-12-18-48(54)51-37-42(24-30-56(51)61)41-23-29-53-50(36-41)43(40-60(53)32-9-6-3)22-25-45-26-27-46(35-44(39-59)58(64)65)63(45)47-28-31-57-52(38-47)49-19-13-15-21-55(49)62(57)34-17-11-8-5-2/h12-15,18-31,35-38,40H,4-11,16-17,32-34H2,1-3H3,(H,64,65)/b25-22+,44-35-. The Hall–Kier alpha value is -7.04. The van der Waals surface area contributed by atoms with E-state index in [1.807, 2.05) is 18.2 Å². The van der Waals surface area contributed by atoms with E-state index in [1.165, 1.54) is 111 Å². The van der Waals surface area contributed by atoms with Crippen molar-refractivity contribution in [2.45, 2.75) is 105 Å². The second kappa shape index (κ2) is 19.4. The highest BCUT2D eigenvalue weighted by atomic mass is 16.4. The van der Waals surface area contributed by atoms with Gasteiger partial charge in [-0.05, 0) is 109 Å². The number of nitriles is 1. The molecule has 0 unspecified atom stereocenters. The van der Waals surface area contributed by atoms with E-state index in [9.17, 15) is 15.2 Å². The Kier molecular flexibility index (Phi) is 12.9. The number of aliphatic carboxylic acids is 1. The van der Waals surface area contributed by atoms with Crippen molar-refractivity contribution in [3.63, 3.8) is 0 Å². The molecule has 0 amide bonds. The molecule has 0 fully saturated rings. The third-order valence-corrected chi connectivity index (χ3v) is 13.3. The number of hydrogen-bond donors (Lipinski definition) is 1. The second-order valence-corrected chi connectivity index (χ2v) is 17.6. The van der Waals surface area contributed by atoms with Crippen LogP contribution >= 0.6 is 0 Å². The molecule has 0 saturated carbocycles. The number of para-hydroxylation sites is 2. The molecule has 9 aromatic rings. The van der Waals surface area contributed by atoms with Gasteiger partial charge in [-0.1, -0.05) is 120 Å². The Morgan fingerprint density at radius 1 is 0.554 bits per heavy atom. The normalized spacial score (nSPS) is 12.2. The molecule has 328 valence electrons. The van der Waals surface area contributed by atoms with Crippen LogP contribution in [0.5, 0.6) is 0 Å². The number of unbranched alkanes of at least 4 members (excludes halogenated alkanes) is 7. The number of rotatable bonds is 19. The highest BCUT2D eigenvalue weighted by Gasteiger charge is 2.17. The number of fused-ring (bicyclic) bond motifs is 7. The Bertz CT molecular complexity index is 3280. The maximum atomic E-state index is 12.1. The summed E-state index contributed by atoms with van der Waals surface area (Å²) in [5.74, 6) is -1.25. The van der Waals surface area contributed by atoms with E-state index in [2.05, 4.69) is 161 Å². The summed E-state index contributed by atoms with van der Waals surface area (Å²) in [7, 11) is 0. The summed E-state index contributed by atoms with van der Waals surface area (Å²) in [6.45, 7) is 9.63. The van der Waals surface area contributed by atoms with Crippen molar-refractivity contribution >= 4 is 78.7 Å². The van der Waals surface area contributed by atoms with Crippen molar-refractivity contribution < 1.29 is 9.90 Å². The first kappa shape index (κ1) is 43.2. The molecule has 5 aromatic carbocycles. The van der Waals surface area contributed by atoms with E-state index in [-0.39, 0.29) is 5.57 Å². The van der Waals surface area contributed by atoms with E-state index < -0.39 is 5.97 Å². The fourth-order valence-corrected chi connectivity index (χ4v) is 9.91. The molecule has 0 saturated heterocycles. The minimum absolute atomic E-state index is 0.314. The van der Waals surface area contributed by atoms with Crippen LogP contribution < -0.4 is 0 Å². The highest BCUT2D eigenvalue weighted by molar-refractivity contribution is 6.10. The lowest BCUT2D eigenvalue weighted by Gasteiger charge is -2.12. The van der Waals surface area contributed by atoms with E-state index in [1.54, 1.807) is 0 Å². The van der Waals surface area contributed by atoms with Crippen LogP contribution in [0.15, 0.2) is 127 Å². The average molecular weight is 858 g/mol. The SMILES string of the molecule is CCCCCCn1c2ccccc2c2cc(-c3ccc4c(c3)c(/C=C/c3ccc(/C=C(/C#N)C(=O)O)n3-c3ccc5c(c3)c3ccccc3n5CCCCCC)cn4CCCC)ccc21. The van der Waals surface area contributed by atoms with Crippen molar-refractivity contribution in [1.82, 2.24) is 18.3 Å². The van der Waals surface area contributed by atoms with E-state index in [0.717, 1.165) is 61.2 Å². The molecule has 0 spiro atoms. The van der Waals surface area contributed by atoms with Crippen molar-refractivity contribution in [2.75, 3.05) is 0 Å². The Labute approximate surface area is 382 Å². The number of nitrogens with zero attached hydrogens (tertiary/aromatic N) is 5. The first-order valence-electron chi connectivity index (χ1n) is 23.8. The quantitative estimate of drug-likeness (QED) is 0.0500. The number of aryl methyl sites for hydroxylation is 3. The lowest BCUT2D eigenvalue weighted by molar-refractivity contribution is -0.132. The molecule has 4 heterocycles. The summed E-state index contributed by atoms with van der Waals surface area (Å²) >= 11 is 0. The predicted octanol–water partition coefficient (Wildman–Crippen LogP) is 15.4.